The highest BCUT2D eigenvalue weighted by Gasteiger charge is 2.41. The number of benzene rings is 2. The summed E-state index contributed by atoms with van der Waals surface area (Å²) < 4.78 is 8.54. The minimum atomic E-state index is -1.19. The number of hydrogen-bond acceptors (Lipinski definition) is 6. The van der Waals surface area contributed by atoms with Gasteiger partial charge >= 0.3 is 17.9 Å². The van der Waals surface area contributed by atoms with Crippen LogP contribution in [0.15, 0.2) is 72.0 Å². The van der Waals surface area contributed by atoms with Crippen LogP contribution in [-0.2, 0) is 20.9 Å². The van der Waals surface area contributed by atoms with Crippen molar-refractivity contribution in [3.05, 3.63) is 99.9 Å². The highest BCUT2D eigenvalue weighted by molar-refractivity contribution is 6.05. The summed E-state index contributed by atoms with van der Waals surface area (Å²) in [5.74, 6) is -3.34. The number of hydrogen-bond donors (Lipinski definition) is 4. The van der Waals surface area contributed by atoms with Gasteiger partial charge in [0, 0.05) is 35.2 Å². The third-order valence-corrected chi connectivity index (χ3v) is 7.38. The summed E-state index contributed by atoms with van der Waals surface area (Å²) >= 11 is 0. The molecule has 2 aliphatic carbocycles. The first kappa shape index (κ1) is 27.6. The van der Waals surface area contributed by atoms with Crippen LogP contribution in [0, 0.1) is 5.92 Å². The van der Waals surface area contributed by atoms with E-state index in [-0.39, 0.29) is 23.8 Å². The highest BCUT2D eigenvalue weighted by atomic mass is 16.5. The lowest BCUT2D eigenvalue weighted by molar-refractivity contribution is -0.462. The zero-order valence-corrected chi connectivity index (χ0v) is 22.4. The Morgan fingerprint density at radius 1 is 0.951 bits per heavy atom. The van der Waals surface area contributed by atoms with Crippen molar-refractivity contribution >= 4 is 35.3 Å². The molecule has 0 bridgehead atoms. The molecule has 1 aliphatic heterocycles. The molecule has 0 saturated heterocycles. The minimum Gasteiger partial charge on any atom is -0.508 e. The normalized spacial score (nSPS) is 18.7. The second-order valence-corrected chi connectivity index (χ2v) is 10.3. The van der Waals surface area contributed by atoms with Crippen LogP contribution in [0.25, 0.3) is 11.6 Å². The number of rotatable bonds is 8. The van der Waals surface area contributed by atoms with Gasteiger partial charge < -0.3 is 25.2 Å². The molecular weight excluding hydrogens is 528 g/mol. The van der Waals surface area contributed by atoms with E-state index in [4.69, 9.17) is 4.74 Å². The number of aliphatic carboxylic acids is 2. The smallest absolute Gasteiger partial charge is 0.336 e. The first-order valence-electron chi connectivity index (χ1n) is 12.9. The molecule has 0 saturated carbocycles. The Kier molecular flexibility index (Phi) is 7.34. The second-order valence-electron chi connectivity index (χ2n) is 10.3. The number of allylic oxidation sites excluding steroid dienone is 3. The van der Waals surface area contributed by atoms with Crippen LogP contribution in [0.5, 0.6) is 5.75 Å². The van der Waals surface area contributed by atoms with Gasteiger partial charge in [-0.25, -0.2) is 9.37 Å². The quantitative estimate of drug-likeness (QED) is 0.359. The molecule has 0 fully saturated rings. The predicted molar refractivity (Wildman–Crippen MR) is 150 cm³/mol. The van der Waals surface area contributed by atoms with Gasteiger partial charge in [-0.2, -0.15) is 0 Å². The zero-order valence-electron chi connectivity index (χ0n) is 22.4. The number of carboxylic acids is 3. The van der Waals surface area contributed by atoms with Crippen LogP contribution < -0.4 is 0 Å². The molecule has 2 atom stereocenters. The monoisotopic (exact) mass is 557 g/mol. The molecule has 210 valence electrons. The minimum absolute atomic E-state index is 0.0980. The zero-order chi connectivity index (χ0) is 29.4. The van der Waals surface area contributed by atoms with E-state index in [0.717, 1.165) is 16.9 Å². The topological polar surface area (TPSA) is 148 Å². The van der Waals surface area contributed by atoms with Gasteiger partial charge in [0.25, 0.3) is 0 Å². The lowest BCUT2D eigenvalue weighted by atomic mass is 9.73. The third-order valence-electron chi connectivity index (χ3n) is 7.38. The van der Waals surface area contributed by atoms with E-state index in [2.05, 4.69) is 0 Å². The van der Waals surface area contributed by atoms with Gasteiger partial charge in [-0.1, -0.05) is 36.4 Å². The molecule has 0 radical (unpaired) electrons. The van der Waals surface area contributed by atoms with Crippen LogP contribution in [0.3, 0.4) is 0 Å². The lowest BCUT2D eigenvalue weighted by Gasteiger charge is -2.40. The molecule has 2 aromatic carbocycles. The SMILES string of the molecule is C[N+](C)=C1C=CC2=C(c3ccccc3C(=O)O)C3C=Cc4c(ccc(O)c4CN(CC(=O)O)CC(=O)O)C3OC2=C1. The average Bonchev–Trinajstić information content (AvgIpc) is 2.91. The Labute approximate surface area is 235 Å². The Morgan fingerprint density at radius 3 is 2.32 bits per heavy atom. The third kappa shape index (κ3) is 5.29. The number of carbonyl (C=O) groups is 3. The molecule has 3 aliphatic rings. The first-order valence-corrected chi connectivity index (χ1v) is 12.9. The van der Waals surface area contributed by atoms with Crippen molar-refractivity contribution in [3.8, 4) is 5.75 Å². The second kappa shape index (κ2) is 10.9. The molecule has 0 aromatic heterocycles. The summed E-state index contributed by atoms with van der Waals surface area (Å²) in [6, 6.07) is 10.1. The fourth-order valence-corrected chi connectivity index (χ4v) is 5.59. The summed E-state index contributed by atoms with van der Waals surface area (Å²) in [6.45, 7) is -1.16. The number of aromatic hydroxyl groups is 1. The van der Waals surface area contributed by atoms with Crippen molar-refractivity contribution in [1.29, 1.82) is 0 Å². The van der Waals surface area contributed by atoms with Crippen molar-refractivity contribution < 1.29 is 44.1 Å². The fourth-order valence-electron chi connectivity index (χ4n) is 5.59. The number of fused-ring (bicyclic) bond motifs is 4. The molecule has 2 unspecified atom stereocenters. The summed E-state index contributed by atoms with van der Waals surface area (Å²) in [4.78, 5) is 36.3. The number of nitrogens with zero attached hydrogens (tertiary/aromatic N) is 2. The van der Waals surface area contributed by atoms with Gasteiger partial charge in [0.15, 0.2) is 0 Å². The van der Waals surface area contributed by atoms with Gasteiger partial charge in [0.2, 0.25) is 5.71 Å². The van der Waals surface area contributed by atoms with Gasteiger partial charge in [-0.15, -0.1) is 0 Å². The maximum Gasteiger partial charge on any atom is 0.336 e. The average molecular weight is 558 g/mol. The number of carboxylic acid groups (broad SMARTS) is 3. The van der Waals surface area contributed by atoms with E-state index in [9.17, 15) is 34.8 Å². The largest absolute Gasteiger partial charge is 0.508 e. The summed E-state index contributed by atoms with van der Waals surface area (Å²) in [7, 11) is 3.82. The number of ether oxygens (including phenoxy) is 1. The van der Waals surface area contributed by atoms with E-state index in [1.165, 1.54) is 11.0 Å². The Balaban J connectivity index is 1.67. The van der Waals surface area contributed by atoms with E-state index >= 15 is 0 Å². The summed E-state index contributed by atoms with van der Waals surface area (Å²) in [5, 5.41) is 39.4. The number of phenols is 1. The van der Waals surface area contributed by atoms with Crippen LogP contribution in [0.2, 0.25) is 0 Å². The fraction of sp³-hybridized carbons (Fsp3) is 0.226. The Hall–Kier alpha value is -4.96. The molecule has 4 N–H and O–H groups in total. The van der Waals surface area contributed by atoms with E-state index in [1.54, 1.807) is 36.4 Å². The maximum absolute atomic E-state index is 12.2. The van der Waals surface area contributed by atoms with Crippen molar-refractivity contribution in [3.63, 3.8) is 0 Å². The Morgan fingerprint density at radius 2 is 1.66 bits per heavy atom. The van der Waals surface area contributed by atoms with Gasteiger partial charge in [0.05, 0.1) is 24.7 Å². The molecule has 1 heterocycles. The molecule has 41 heavy (non-hydrogen) atoms. The Bertz CT molecular complexity index is 1610. The van der Waals surface area contributed by atoms with Gasteiger partial charge in [-0.3, -0.25) is 14.5 Å². The summed E-state index contributed by atoms with van der Waals surface area (Å²) in [5.41, 5.74) is 4.87. The first-order chi connectivity index (χ1) is 19.5. The van der Waals surface area contributed by atoms with Gasteiger partial charge in [-0.05, 0) is 34.9 Å². The predicted octanol–water partition coefficient (Wildman–Crippen LogP) is 3.40. The van der Waals surface area contributed by atoms with Crippen LogP contribution in [0.4, 0.5) is 0 Å². The van der Waals surface area contributed by atoms with E-state index in [1.807, 2.05) is 43.0 Å². The molecule has 2 aromatic rings. The van der Waals surface area contributed by atoms with Crippen molar-refractivity contribution in [2.75, 3.05) is 27.2 Å². The molecule has 0 amide bonds. The molecule has 0 spiro atoms. The standard InChI is InChI=1S/C31H28N2O8/c1-32(2)17-7-8-22-26(13-17)41-30-20-11-12-25(34)24(14-33(15-27(35)36)16-28(37)38)18(20)9-10-23(30)29(22)19-5-3-4-6-21(19)31(39)40/h3-13,23,30H,14-16H2,1-2H3,(H3-,34,35,36,37,38,39,40)/p+1. The molecule has 5 rings (SSSR count). The van der Waals surface area contributed by atoms with Crippen LogP contribution in [-0.4, -0.2) is 80.7 Å². The van der Waals surface area contributed by atoms with Crippen LogP contribution >= 0.6 is 0 Å². The van der Waals surface area contributed by atoms with Crippen molar-refractivity contribution in [2.45, 2.75) is 12.6 Å². The maximum atomic E-state index is 12.2. The summed E-state index contributed by atoms with van der Waals surface area (Å²) in [6.07, 6.45) is 8.87. The van der Waals surface area contributed by atoms with Gasteiger partial charge in [0.1, 0.15) is 31.7 Å². The molecule has 10 nitrogen and oxygen atoms in total. The van der Waals surface area contributed by atoms with E-state index < -0.39 is 37.1 Å². The highest BCUT2D eigenvalue weighted by Crippen LogP contribution is 2.52. The van der Waals surface area contributed by atoms with Crippen LogP contribution in [0.1, 0.15) is 38.7 Å². The number of phenolic OH excluding ortho intramolecular Hbond substituents is 1. The molecule has 10 heteroatoms. The van der Waals surface area contributed by atoms with E-state index in [0.29, 0.717) is 28.0 Å². The van der Waals surface area contributed by atoms with Crippen molar-refractivity contribution in [2.24, 2.45) is 5.92 Å². The number of aromatic carboxylic acids is 1. The molecular formula is C31H29N2O8+. The van der Waals surface area contributed by atoms with Crippen molar-refractivity contribution in [1.82, 2.24) is 4.90 Å². The lowest BCUT2D eigenvalue weighted by Crippen LogP contribution is -2.34.